The van der Waals surface area contributed by atoms with Gasteiger partial charge in [-0.2, -0.15) is 0 Å². The molecule has 2 aliphatic heterocycles. The highest BCUT2D eigenvalue weighted by Gasteiger charge is 2.38. The van der Waals surface area contributed by atoms with Gasteiger partial charge in [-0.1, -0.05) is 18.5 Å². The summed E-state index contributed by atoms with van der Waals surface area (Å²) < 4.78 is 13.3. The number of benzene rings is 1. The maximum atomic E-state index is 13.3. The molecule has 0 bridgehead atoms. The van der Waals surface area contributed by atoms with Crippen molar-refractivity contribution in [3.63, 3.8) is 0 Å². The van der Waals surface area contributed by atoms with Crippen molar-refractivity contribution < 1.29 is 14.0 Å². The van der Waals surface area contributed by atoms with Gasteiger partial charge in [-0.25, -0.2) is 4.39 Å². The molecule has 1 aromatic carbocycles. The van der Waals surface area contributed by atoms with E-state index in [4.69, 9.17) is 11.6 Å². The Morgan fingerprint density at radius 1 is 1.29 bits per heavy atom. The second-order valence-electron chi connectivity index (χ2n) is 6.26. The lowest BCUT2D eigenvalue weighted by Gasteiger charge is -2.35. The third-order valence-electron chi connectivity index (χ3n) is 4.82. The van der Waals surface area contributed by atoms with Gasteiger partial charge in [0.1, 0.15) is 5.82 Å². The summed E-state index contributed by atoms with van der Waals surface area (Å²) in [6.07, 6.45) is 0.196. The van der Waals surface area contributed by atoms with E-state index < -0.39 is 5.82 Å². The topological polar surface area (TPSA) is 43.9 Å². The van der Waals surface area contributed by atoms with Gasteiger partial charge in [0.05, 0.1) is 10.9 Å². The Hall–Kier alpha value is -1.66. The standard InChI is InChI=1S/C17H21ClFN3O2/c1-2-20-5-7-21(8-6-20)17(24)12-9-16(23)22(11-12)13-3-4-15(19)14(18)10-13/h3-4,10,12H,2,5-9,11H2,1H3. The summed E-state index contributed by atoms with van der Waals surface area (Å²) in [6, 6.07) is 4.19. The number of nitrogens with zero attached hydrogens (tertiary/aromatic N) is 3. The van der Waals surface area contributed by atoms with E-state index in [0.29, 0.717) is 25.3 Å². The highest BCUT2D eigenvalue weighted by Crippen LogP contribution is 2.29. The van der Waals surface area contributed by atoms with Crippen LogP contribution in [-0.2, 0) is 9.59 Å². The van der Waals surface area contributed by atoms with Crippen molar-refractivity contribution in [2.75, 3.05) is 44.2 Å². The lowest BCUT2D eigenvalue weighted by Crippen LogP contribution is -2.50. The predicted molar refractivity (Wildman–Crippen MR) is 90.6 cm³/mol. The van der Waals surface area contributed by atoms with Gasteiger partial charge in [-0.3, -0.25) is 9.59 Å². The average Bonchev–Trinajstić information content (AvgIpc) is 2.98. The van der Waals surface area contributed by atoms with Crippen LogP contribution < -0.4 is 4.90 Å². The number of carbonyl (C=O) groups excluding carboxylic acids is 2. The average molecular weight is 354 g/mol. The summed E-state index contributed by atoms with van der Waals surface area (Å²) in [7, 11) is 0. The highest BCUT2D eigenvalue weighted by atomic mass is 35.5. The summed E-state index contributed by atoms with van der Waals surface area (Å²) in [5, 5.41) is -0.0224. The van der Waals surface area contributed by atoms with Gasteiger partial charge in [-0.15, -0.1) is 0 Å². The first-order valence-corrected chi connectivity index (χ1v) is 8.64. The van der Waals surface area contributed by atoms with Crippen molar-refractivity contribution in [2.24, 2.45) is 5.92 Å². The number of amides is 2. The highest BCUT2D eigenvalue weighted by molar-refractivity contribution is 6.31. The van der Waals surface area contributed by atoms with Gasteiger partial charge in [-0.05, 0) is 24.7 Å². The van der Waals surface area contributed by atoms with E-state index in [-0.39, 0.29) is 29.2 Å². The molecule has 7 heteroatoms. The van der Waals surface area contributed by atoms with Crippen LogP contribution in [0.2, 0.25) is 5.02 Å². The second kappa shape index (κ2) is 7.07. The fraction of sp³-hybridized carbons (Fsp3) is 0.529. The number of halogens is 2. The van der Waals surface area contributed by atoms with Crippen LogP contribution in [0.3, 0.4) is 0 Å². The summed E-state index contributed by atoms with van der Waals surface area (Å²) in [6.45, 7) is 6.59. The van der Waals surface area contributed by atoms with Gasteiger partial charge in [0, 0.05) is 44.8 Å². The molecule has 2 saturated heterocycles. The van der Waals surface area contributed by atoms with Gasteiger partial charge in [0.2, 0.25) is 11.8 Å². The predicted octanol–water partition coefficient (Wildman–Crippen LogP) is 2.00. The maximum absolute atomic E-state index is 13.3. The van der Waals surface area contributed by atoms with Crippen molar-refractivity contribution in [1.82, 2.24) is 9.80 Å². The normalized spacial score (nSPS) is 22.3. The molecule has 3 rings (SSSR count). The first-order valence-electron chi connectivity index (χ1n) is 8.26. The molecular weight excluding hydrogens is 333 g/mol. The molecule has 2 fully saturated rings. The van der Waals surface area contributed by atoms with Crippen molar-refractivity contribution in [1.29, 1.82) is 0 Å². The van der Waals surface area contributed by atoms with Crippen molar-refractivity contribution >= 4 is 29.1 Å². The van der Waals surface area contributed by atoms with E-state index in [1.165, 1.54) is 23.1 Å². The quantitative estimate of drug-likeness (QED) is 0.834. The number of rotatable bonds is 3. The number of anilines is 1. The van der Waals surface area contributed by atoms with E-state index in [2.05, 4.69) is 11.8 Å². The molecular formula is C17H21ClFN3O2. The molecule has 2 aliphatic rings. The Kier molecular flexibility index (Phi) is 5.06. The summed E-state index contributed by atoms with van der Waals surface area (Å²) in [4.78, 5) is 30.6. The third kappa shape index (κ3) is 3.39. The van der Waals surface area contributed by atoms with Crippen molar-refractivity contribution in [3.8, 4) is 0 Å². The molecule has 130 valence electrons. The lowest BCUT2D eigenvalue weighted by molar-refractivity contribution is -0.137. The largest absolute Gasteiger partial charge is 0.340 e. The number of carbonyl (C=O) groups is 2. The molecule has 0 aromatic heterocycles. The van der Waals surface area contributed by atoms with Crippen LogP contribution in [-0.4, -0.2) is 60.9 Å². The van der Waals surface area contributed by atoms with E-state index >= 15 is 0 Å². The van der Waals surface area contributed by atoms with Crippen LogP contribution in [0, 0.1) is 11.7 Å². The lowest BCUT2D eigenvalue weighted by atomic mass is 10.1. The molecule has 1 unspecified atom stereocenters. The zero-order valence-electron chi connectivity index (χ0n) is 13.7. The van der Waals surface area contributed by atoms with E-state index in [1.54, 1.807) is 0 Å². The van der Waals surface area contributed by atoms with E-state index in [0.717, 1.165) is 19.6 Å². The number of likely N-dealkylation sites (N-methyl/N-ethyl adjacent to an activating group) is 1. The monoisotopic (exact) mass is 353 g/mol. The van der Waals surface area contributed by atoms with Crippen LogP contribution >= 0.6 is 11.6 Å². The minimum atomic E-state index is -0.520. The van der Waals surface area contributed by atoms with Gasteiger partial charge in [0.15, 0.2) is 0 Å². The van der Waals surface area contributed by atoms with Crippen LogP contribution in [0.25, 0.3) is 0 Å². The summed E-state index contributed by atoms with van der Waals surface area (Å²) in [5.74, 6) is -0.944. The molecule has 0 N–H and O–H groups in total. The number of piperazine rings is 1. The minimum absolute atomic E-state index is 0.0224. The molecule has 5 nitrogen and oxygen atoms in total. The second-order valence-corrected chi connectivity index (χ2v) is 6.67. The number of hydrogen-bond acceptors (Lipinski definition) is 3. The molecule has 0 radical (unpaired) electrons. The zero-order chi connectivity index (χ0) is 17.3. The van der Waals surface area contributed by atoms with Gasteiger partial charge in [0.25, 0.3) is 0 Å². The Labute approximate surface area is 146 Å². The summed E-state index contributed by atoms with van der Waals surface area (Å²) >= 11 is 5.80. The van der Waals surface area contributed by atoms with Crippen molar-refractivity contribution in [3.05, 3.63) is 29.0 Å². The Morgan fingerprint density at radius 2 is 2.00 bits per heavy atom. The molecule has 2 amide bonds. The van der Waals surface area contributed by atoms with Crippen LogP contribution in [0.5, 0.6) is 0 Å². The fourth-order valence-electron chi connectivity index (χ4n) is 3.32. The van der Waals surface area contributed by atoms with E-state index in [1.807, 2.05) is 4.90 Å². The minimum Gasteiger partial charge on any atom is -0.340 e. The third-order valence-corrected chi connectivity index (χ3v) is 5.11. The Morgan fingerprint density at radius 3 is 2.62 bits per heavy atom. The summed E-state index contributed by atoms with van der Waals surface area (Å²) in [5.41, 5.74) is 0.539. The first-order chi connectivity index (χ1) is 11.5. The smallest absolute Gasteiger partial charge is 0.228 e. The molecule has 2 heterocycles. The number of hydrogen-bond donors (Lipinski definition) is 0. The van der Waals surface area contributed by atoms with Crippen LogP contribution in [0.1, 0.15) is 13.3 Å². The molecule has 1 aromatic rings. The maximum Gasteiger partial charge on any atom is 0.228 e. The van der Waals surface area contributed by atoms with Crippen LogP contribution in [0.15, 0.2) is 18.2 Å². The Bertz CT molecular complexity index is 647. The van der Waals surface area contributed by atoms with E-state index in [9.17, 15) is 14.0 Å². The molecule has 24 heavy (non-hydrogen) atoms. The van der Waals surface area contributed by atoms with Crippen molar-refractivity contribution in [2.45, 2.75) is 13.3 Å². The Balaban J connectivity index is 1.66. The molecule has 0 saturated carbocycles. The molecule has 1 atom stereocenters. The molecule has 0 aliphatic carbocycles. The fourth-order valence-corrected chi connectivity index (χ4v) is 3.49. The van der Waals surface area contributed by atoms with Gasteiger partial charge >= 0.3 is 0 Å². The molecule has 0 spiro atoms. The zero-order valence-corrected chi connectivity index (χ0v) is 14.4. The first kappa shape index (κ1) is 17.2. The SMILES string of the molecule is CCN1CCN(C(=O)C2CC(=O)N(c3ccc(F)c(Cl)c3)C2)CC1. The van der Waals surface area contributed by atoms with Crippen LogP contribution in [0.4, 0.5) is 10.1 Å². The van der Waals surface area contributed by atoms with Gasteiger partial charge < -0.3 is 14.7 Å².